The Balaban J connectivity index is 1.83. The molecular formula is C25H24N4O5. The number of methoxy groups -OCH3 is 2. The summed E-state index contributed by atoms with van der Waals surface area (Å²) < 4.78 is 12.4. The lowest BCUT2D eigenvalue weighted by atomic mass is 10.1. The number of non-ortho nitro benzene ring substituents is 1. The van der Waals surface area contributed by atoms with Gasteiger partial charge >= 0.3 is 0 Å². The van der Waals surface area contributed by atoms with Crippen molar-refractivity contribution in [2.45, 2.75) is 20.4 Å². The van der Waals surface area contributed by atoms with Crippen LogP contribution in [0.15, 0.2) is 54.1 Å². The molecule has 0 saturated heterocycles. The van der Waals surface area contributed by atoms with Crippen LogP contribution in [0.3, 0.4) is 0 Å². The van der Waals surface area contributed by atoms with Gasteiger partial charge in [-0.15, -0.1) is 0 Å². The maximum Gasteiger partial charge on any atom is 0.269 e. The molecule has 0 aliphatic rings. The molecule has 3 aromatic rings. The van der Waals surface area contributed by atoms with Crippen LogP contribution in [-0.4, -0.2) is 29.6 Å². The van der Waals surface area contributed by atoms with Gasteiger partial charge in [0.25, 0.3) is 11.6 Å². The van der Waals surface area contributed by atoms with Gasteiger partial charge < -0.3 is 19.4 Å². The number of aromatic nitrogens is 1. The number of nitrogens with one attached hydrogen (secondary N) is 1. The Morgan fingerprint density at radius 3 is 2.44 bits per heavy atom. The van der Waals surface area contributed by atoms with E-state index in [0.717, 1.165) is 22.6 Å². The Bertz CT molecular complexity index is 1300. The summed E-state index contributed by atoms with van der Waals surface area (Å²) >= 11 is 0. The molecule has 0 aliphatic heterocycles. The number of nitrogens with zero attached hydrogens (tertiary/aromatic N) is 3. The van der Waals surface area contributed by atoms with E-state index >= 15 is 0 Å². The zero-order valence-corrected chi connectivity index (χ0v) is 19.3. The van der Waals surface area contributed by atoms with E-state index in [9.17, 15) is 20.2 Å². The van der Waals surface area contributed by atoms with Crippen LogP contribution in [-0.2, 0) is 11.3 Å². The monoisotopic (exact) mass is 460 g/mol. The topological polar surface area (TPSA) is 119 Å². The summed E-state index contributed by atoms with van der Waals surface area (Å²) in [6.07, 6.45) is 1.53. The molecule has 1 heterocycles. The first-order chi connectivity index (χ1) is 16.3. The van der Waals surface area contributed by atoms with Gasteiger partial charge in [-0.2, -0.15) is 5.26 Å². The first-order valence-corrected chi connectivity index (χ1v) is 10.3. The molecule has 174 valence electrons. The minimum Gasteiger partial charge on any atom is -0.497 e. The van der Waals surface area contributed by atoms with Crippen molar-refractivity contribution in [3.63, 3.8) is 0 Å². The third-order valence-corrected chi connectivity index (χ3v) is 5.39. The lowest BCUT2D eigenvalue weighted by molar-refractivity contribution is -0.384. The van der Waals surface area contributed by atoms with Gasteiger partial charge in [0.1, 0.15) is 23.1 Å². The third kappa shape index (κ3) is 5.07. The van der Waals surface area contributed by atoms with Crippen molar-refractivity contribution in [2.24, 2.45) is 0 Å². The molecule has 2 aromatic carbocycles. The number of nitriles is 1. The molecule has 0 saturated carbocycles. The van der Waals surface area contributed by atoms with E-state index in [0.29, 0.717) is 17.1 Å². The van der Waals surface area contributed by atoms with E-state index in [-0.39, 0.29) is 17.8 Å². The molecule has 1 amide bonds. The lowest BCUT2D eigenvalue weighted by Crippen LogP contribution is -2.24. The van der Waals surface area contributed by atoms with Crippen LogP contribution < -0.4 is 14.8 Å². The van der Waals surface area contributed by atoms with Crippen LogP contribution >= 0.6 is 0 Å². The largest absolute Gasteiger partial charge is 0.497 e. The van der Waals surface area contributed by atoms with Gasteiger partial charge in [0.05, 0.1) is 19.1 Å². The number of nitro benzene ring substituents is 1. The van der Waals surface area contributed by atoms with Crippen LogP contribution in [0, 0.1) is 35.3 Å². The SMILES string of the molecule is COc1ccc(CNC(=O)/C(C#N)=C/c2cc(C)n(-c3ccc([N+](=O)[O-])cc3)c2C)c(OC)c1. The van der Waals surface area contributed by atoms with Gasteiger partial charge in [-0.25, -0.2) is 0 Å². The number of carbonyl (C=O) groups is 1. The lowest BCUT2D eigenvalue weighted by Gasteiger charge is -2.11. The van der Waals surface area contributed by atoms with Gasteiger partial charge in [-0.1, -0.05) is 0 Å². The number of amides is 1. The maximum absolute atomic E-state index is 12.7. The predicted octanol–water partition coefficient (Wildman–Crippen LogP) is 4.24. The summed E-state index contributed by atoms with van der Waals surface area (Å²) in [5.74, 6) is 0.683. The van der Waals surface area contributed by atoms with Crippen LogP contribution in [0.1, 0.15) is 22.5 Å². The second-order valence-electron chi connectivity index (χ2n) is 7.47. The zero-order valence-electron chi connectivity index (χ0n) is 19.3. The van der Waals surface area contributed by atoms with Crippen molar-refractivity contribution >= 4 is 17.7 Å². The smallest absolute Gasteiger partial charge is 0.269 e. The molecule has 1 aromatic heterocycles. The Morgan fingerprint density at radius 1 is 1.15 bits per heavy atom. The van der Waals surface area contributed by atoms with Gasteiger partial charge in [-0.05, 0) is 55.8 Å². The van der Waals surface area contributed by atoms with Crippen molar-refractivity contribution in [3.8, 4) is 23.3 Å². The maximum atomic E-state index is 12.7. The minimum absolute atomic E-state index is 0.00302. The van der Waals surface area contributed by atoms with E-state index < -0.39 is 10.8 Å². The van der Waals surface area contributed by atoms with Gasteiger partial charge in [0.15, 0.2) is 0 Å². The Kier molecular flexibility index (Phi) is 7.33. The van der Waals surface area contributed by atoms with Gasteiger partial charge in [0, 0.05) is 47.4 Å². The Morgan fingerprint density at radius 2 is 1.85 bits per heavy atom. The van der Waals surface area contributed by atoms with Crippen molar-refractivity contribution in [1.82, 2.24) is 9.88 Å². The van der Waals surface area contributed by atoms with E-state index in [4.69, 9.17) is 9.47 Å². The highest BCUT2D eigenvalue weighted by Gasteiger charge is 2.15. The minimum atomic E-state index is -0.513. The Hall–Kier alpha value is -4.58. The molecule has 9 heteroatoms. The number of benzene rings is 2. The summed E-state index contributed by atoms with van der Waals surface area (Å²) in [6, 6.07) is 15.3. The molecule has 0 atom stereocenters. The molecule has 0 fully saturated rings. The highest BCUT2D eigenvalue weighted by Crippen LogP contribution is 2.26. The number of carbonyl (C=O) groups excluding carboxylic acids is 1. The summed E-state index contributed by atoms with van der Waals surface area (Å²) in [5.41, 5.74) is 3.80. The number of ether oxygens (including phenoxy) is 2. The normalized spacial score (nSPS) is 11.0. The van der Waals surface area contributed by atoms with Crippen LogP contribution in [0.5, 0.6) is 11.5 Å². The number of hydrogen-bond acceptors (Lipinski definition) is 6. The summed E-state index contributed by atoms with van der Waals surface area (Å²) in [7, 11) is 3.08. The highest BCUT2D eigenvalue weighted by molar-refractivity contribution is 6.01. The third-order valence-electron chi connectivity index (χ3n) is 5.39. The summed E-state index contributed by atoms with van der Waals surface area (Å²) in [4.78, 5) is 23.2. The fourth-order valence-corrected chi connectivity index (χ4v) is 3.63. The second kappa shape index (κ2) is 10.4. The van der Waals surface area contributed by atoms with Crippen molar-refractivity contribution in [2.75, 3.05) is 14.2 Å². The number of nitro groups is 1. The summed E-state index contributed by atoms with van der Waals surface area (Å²) in [6.45, 7) is 3.91. The molecule has 0 spiro atoms. The molecular weight excluding hydrogens is 436 g/mol. The molecule has 9 nitrogen and oxygen atoms in total. The molecule has 0 aliphatic carbocycles. The highest BCUT2D eigenvalue weighted by atomic mass is 16.6. The molecule has 0 bridgehead atoms. The fraction of sp³-hybridized carbons (Fsp3) is 0.200. The second-order valence-corrected chi connectivity index (χ2v) is 7.47. The van der Waals surface area contributed by atoms with E-state index in [1.165, 1.54) is 25.3 Å². The van der Waals surface area contributed by atoms with E-state index in [1.54, 1.807) is 37.4 Å². The number of rotatable bonds is 8. The van der Waals surface area contributed by atoms with Crippen LogP contribution in [0.2, 0.25) is 0 Å². The van der Waals surface area contributed by atoms with E-state index in [1.807, 2.05) is 30.6 Å². The molecule has 0 radical (unpaired) electrons. The first kappa shape index (κ1) is 24.1. The number of hydrogen-bond donors (Lipinski definition) is 1. The molecule has 3 rings (SSSR count). The molecule has 0 unspecified atom stereocenters. The molecule has 1 N–H and O–H groups in total. The predicted molar refractivity (Wildman–Crippen MR) is 127 cm³/mol. The van der Waals surface area contributed by atoms with E-state index in [2.05, 4.69) is 5.32 Å². The van der Waals surface area contributed by atoms with Crippen molar-refractivity contribution < 1.29 is 19.2 Å². The summed E-state index contributed by atoms with van der Waals surface area (Å²) in [5, 5.41) is 23.3. The van der Waals surface area contributed by atoms with Crippen LogP contribution in [0.25, 0.3) is 11.8 Å². The van der Waals surface area contributed by atoms with Crippen molar-refractivity contribution in [3.05, 3.63) is 86.7 Å². The average Bonchev–Trinajstić information content (AvgIpc) is 3.13. The molecule has 34 heavy (non-hydrogen) atoms. The van der Waals surface area contributed by atoms with Gasteiger partial charge in [0.2, 0.25) is 0 Å². The zero-order chi connectivity index (χ0) is 24.8. The fourth-order valence-electron chi connectivity index (χ4n) is 3.63. The van der Waals surface area contributed by atoms with Gasteiger partial charge in [-0.3, -0.25) is 14.9 Å². The standard InChI is InChI=1S/C25H24N4O5/c1-16-11-19(17(2)28(16)21-6-8-22(9-7-21)29(31)32)12-20(14-26)25(30)27-15-18-5-10-23(33-3)13-24(18)34-4/h5-13H,15H2,1-4H3,(H,27,30)/b20-12+. The van der Waals surface area contributed by atoms with Crippen molar-refractivity contribution in [1.29, 1.82) is 5.26 Å². The quantitative estimate of drug-likeness (QED) is 0.232. The average molecular weight is 460 g/mol. The first-order valence-electron chi connectivity index (χ1n) is 10.3. The Labute approximate surface area is 197 Å². The number of aryl methyl sites for hydroxylation is 1. The van der Waals surface area contributed by atoms with Crippen LogP contribution in [0.4, 0.5) is 5.69 Å².